The first-order valence-electron chi connectivity index (χ1n) is 8.42. The van der Waals surface area contributed by atoms with Gasteiger partial charge < -0.3 is 20.5 Å². The number of benzene rings is 2. The Balaban J connectivity index is 2.15. The standard InChI is InChI=1S/C19H20N4O3/c1-25-14-5-3-4-13-16(14)19(24)17-15(26-2)7-6-11-12(10-21-9-8-20)22-23(13)18(11)17/h3-7,21H,8-10,20H2,1-2H3. The summed E-state index contributed by atoms with van der Waals surface area (Å²) in [6.07, 6.45) is 0. The fraction of sp³-hybridized carbons (Fsp3) is 0.263. The fourth-order valence-electron chi connectivity index (χ4n) is 3.47. The lowest BCUT2D eigenvalue weighted by Crippen LogP contribution is -2.22. The molecule has 0 saturated heterocycles. The Morgan fingerprint density at radius 3 is 2.62 bits per heavy atom. The molecule has 3 N–H and O–H groups in total. The van der Waals surface area contributed by atoms with Crippen molar-refractivity contribution in [1.82, 2.24) is 14.9 Å². The second-order valence-electron chi connectivity index (χ2n) is 6.05. The molecule has 0 aliphatic carbocycles. The molecule has 0 radical (unpaired) electrons. The number of nitrogens with one attached hydrogen (secondary N) is 1. The predicted octanol–water partition coefficient (Wildman–Crippen LogP) is 1.50. The number of methoxy groups -OCH3 is 2. The monoisotopic (exact) mass is 352 g/mol. The lowest BCUT2D eigenvalue weighted by molar-refractivity contribution is 0.418. The van der Waals surface area contributed by atoms with Crippen molar-refractivity contribution >= 4 is 27.2 Å². The Morgan fingerprint density at radius 2 is 1.88 bits per heavy atom. The molecule has 134 valence electrons. The number of hydrogen-bond donors (Lipinski definition) is 2. The maximum atomic E-state index is 13.3. The summed E-state index contributed by atoms with van der Waals surface area (Å²) < 4.78 is 12.7. The topological polar surface area (TPSA) is 90.9 Å². The van der Waals surface area contributed by atoms with E-state index in [1.807, 2.05) is 28.8 Å². The second kappa shape index (κ2) is 6.44. The van der Waals surface area contributed by atoms with E-state index in [4.69, 9.17) is 20.3 Å². The van der Waals surface area contributed by atoms with E-state index in [1.54, 1.807) is 20.3 Å². The maximum absolute atomic E-state index is 13.3. The lowest BCUT2D eigenvalue weighted by atomic mass is 10.1. The van der Waals surface area contributed by atoms with Crippen molar-refractivity contribution < 1.29 is 9.47 Å². The van der Waals surface area contributed by atoms with Gasteiger partial charge in [0, 0.05) is 25.0 Å². The highest BCUT2D eigenvalue weighted by atomic mass is 16.5. The highest BCUT2D eigenvalue weighted by Gasteiger charge is 2.21. The van der Waals surface area contributed by atoms with Crippen LogP contribution in [0.5, 0.6) is 11.5 Å². The van der Waals surface area contributed by atoms with Gasteiger partial charge in [-0.15, -0.1) is 0 Å². The maximum Gasteiger partial charge on any atom is 0.204 e. The Labute approximate surface area is 149 Å². The molecular formula is C19H20N4O3. The van der Waals surface area contributed by atoms with Gasteiger partial charge in [0.05, 0.1) is 41.7 Å². The van der Waals surface area contributed by atoms with Crippen LogP contribution in [0.1, 0.15) is 5.69 Å². The van der Waals surface area contributed by atoms with E-state index < -0.39 is 0 Å². The number of hydrogen-bond acceptors (Lipinski definition) is 6. The van der Waals surface area contributed by atoms with Crippen LogP contribution < -0.4 is 26.0 Å². The molecule has 26 heavy (non-hydrogen) atoms. The molecular weight excluding hydrogens is 332 g/mol. The molecule has 4 rings (SSSR count). The molecule has 0 unspecified atom stereocenters. The molecule has 0 atom stereocenters. The zero-order chi connectivity index (χ0) is 18.3. The first-order valence-corrected chi connectivity index (χ1v) is 8.42. The molecule has 0 amide bonds. The quantitative estimate of drug-likeness (QED) is 0.404. The minimum atomic E-state index is -0.117. The summed E-state index contributed by atoms with van der Waals surface area (Å²) in [5.41, 5.74) is 7.78. The molecule has 0 fully saturated rings. The van der Waals surface area contributed by atoms with Crippen molar-refractivity contribution in [1.29, 1.82) is 0 Å². The highest BCUT2D eigenvalue weighted by molar-refractivity contribution is 6.07. The lowest BCUT2D eigenvalue weighted by Gasteiger charge is -2.10. The van der Waals surface area contributed by atoms with Gasteiger partial charge in [0.15, 0.2) is 0 Å². The second-order valence-corrected chi connectivity index (χ2v) is 6.05. The summed E-state index contributed by atoms with van der Waals surface area (Å²) in [6, 6.07) is 9.27. The van der Waals surface area contributed by atoms with Crippen molar-refractivity contribution in [2.24, 2.45) is 5.73 Å². The number of nitrogens with zero attached hydrogens (tertiary/aromatic N) is 2. The van der Waals surface area contributed by atoms with Crippen molar-refractivity contribution in [2.45, 2.75) is 6.54 Å². The van der Waals surface area contributed by atoms with Crippen molar-refractivity contribution in [2.75, 3.05) is 27.3 Å². The van der Waals surface area contributed by atoms with Crippen LogP contribution >= 0.6 is 0 Å². The summed E-state index contributed by atoms with van der Waals surface area (Å²) in [5.74, 6) is 1.05. The van der Waals surface area contributed by atoms with E-state index in [1.165, 1.54) is 0 Å². The molecule has 0 bridgehead atoms. The van der Waals surface area contributed by atoms with Crippen LogP contribution in [0.4, 0.5) is 0 Å². The van der Waals surface area contributed by atoms with Gasteiger partial charge in [-0.05, 0) is 24.3 Å². The molecule has 7 nitrogen and oxygen atoms in total. The first kappa shape index (κ1) is 16.6. The average molecular weight is 352 g/mol. The number of nitrogens with two attached hydrogens (primary N) is 1. The minimum Gasteiger partial charge on any atom is -0.496 e. The van der Waals surface area contributed by atoms with Crippen molar-refractivity contribution in [3.8, 4) is 11.5 Å². The average Bonchev–Trinajstić information content (AvgIpc) is 3.04. The van der Waals surface area contributed by atoms with E-state index in [0.29, 0.717) is 47.4 Å². The van der Waals surface area contributed by atoms with Gasteiger partial charge in [-0.1, -0.05) is 6.07 Å². The van der Waals surface area contributed by atoms with E-state index in [0.717, 1.165) is 16.6 Å². The smallest absolute Gasteiger partial charge is 0.204 e. The van der Waals surface area contributed by atoms with Gasteiger partial charge >= 0.3 is 0 Å². The van der Waals surface area contributed by atoms with Gasteiger partial charge in [-0.2, -0.15) is 5.10 Å². The van der Waals surface area contributed by atoms with Gasteiger partial charge in [-0.25, -0.2) is 4.52 Å². The molecule has 0 saturated carbocycles. The number of ether oxygens (including phenoxy) is 2. The third kappa shape index (κ3) is 2.28. The number of pyridine rings is 1. The molecule has 4 aromatic rings. The van der Waals surface area contributed by atoms with Gasteiger partial charge in [0.2, 0.25) is 5.43 Å². The summed E-state index contributed by atoms with van der Waals surface area (Å²) in [5, 5.41) is 9.97. The molecule has 2 aromatic heterocycles. The van der Waals surface area contributed by atoms with Crippen LogP contribution in [0.15, 0.2) is 35.1 Å². The molecule has 0 aliphatic rings. The summed E-state index contributed by atoms with van der Waals surface area (Å²) in [6.45, 7) is 1.82. The van der Waals surface area contributed by atoms with E-state index in [9.17, 15) is 4.79 Å². The highest BCUT2D eigenvalue weighted by Crippen LogP contribution is 2.34. The van der Waals surface area contributed by atoms with Crippen molar-refractivity contribution in [3.63, 3.8) is 0 Å². The Bertz CT molecular complexity index is 1150. The zero-order valence-electron chi connectivity index (χ0n) is 14.7. The van der Waals surface area contributed by atoms with Crippen LogP contribution in [0.2, 0.25) is 0 Å². The number of rotatable bonds is 6. The summed E-state index contributed by atoms with van der Waals surface area (Å²) in [7, 11) is 3.12. The Morgan fingerprint density at radius 1 is 1.12 bits per heavy atom. The van der Waals surface area contributed by atoms with Gasteiger partial charge in [0.1, 0.15) is 11.5 Å². The molecule has 2 aromatic carbocycles. The van der Waals surface area contributed by atoms with E-state index in [-0.39, 0.29) is 5.43 Å². The molecule has 0 spiro atoms. The van der Waals surface area contributed by atoms with E-state index in [2.05, 4.69) is 5.32 Å². The normalized spacial score (nSPS) is 11.7. The minimum absolute atomic E-state index is 0.117. The Hall–Kier alpha value is -2.90. The summed E-state index contributed by atoms with van der Waals surface area (Å²) >= 11 is 0. The SMILES string of the molecule is COc1cccc2c1c(=O)c1c(OC)ccc3c(CNCCN)nn2c31. The number of aromatic nitrogens is 2. The Kier molecular flexibility index (Phi) is 4.10. The third-order valence-corrected chi connectivity index (χ3v) is 4.62. The van der Waals surface area contributed by atoms with Crippen LogP contribution in [0.25, 0.3) is 27.2 Å². The van der Waals surface area contributed by atoms with Crippen LogP contribution in [-0.2, 0) is 6.54 Å². The van der Waals surface area contributed by atoms with E-state index >= 15 is 0 Å². The third-order valence-electron chi connectivity index (χ3n) is 4.62. The van der Waals surface area contributed by atoms with Crippen molar-refractivity contribution in [3.05, 3.63) is 46.2 Å². The first-order chi connectivity index (χ1) is 12.7. The summed E-state index contributed by atoms with van der Waals surface area (Å²) in [4.78, 5) is 13.3. The largest absolute Gasteiger partial charge is 0.496 e. The molecule has 0 aliphatic heterocycles. The zero-order valence-corrected chi connectivity index (χ0v) is 14.7. The van der Waals surface area contributed by atoms with Gasteiger partial charge in [-0.3, -0.25) is 4.79 Å². The van der Waals surface area contributed by atoms with Crippen LogP contribution in [0, 0.1) is 0 Å². The van der Waals surface area contributed by atoms with Gasteiger partial charge in [0.25, 0.3) is 0 Å². The predicted molar refractivity (Wildman–Crippen MR) is 102 cm³/mol. The van der Waals surface area contributed by atoms with Crippen LogP contribution in [-0.4, -0.2) is 36.9 Å². The number of fused-ring (bicyclic) bond motifs is 2. The fourth-order valence-corrected chi connectivity index (χ4v) is 3.47. The van der Waals surface area contributed by atoms with Crippen LogP contribution in [0.3, 0.4) is 0 Å². The molecule has 2 heterocycles. The molecule has 7 heteroatoms.